The molecule has 6 rings (SSSR count). The molecule has 0 aliphatic heterocycles. The van der Waals surface area contributed by atoms with Crippen LogP contribution in [0.3, 0.4) is 0 Å². The second kappa shape index (κ2) is 12.0. The lowest BCUT2D eigenvalue weighted by Crippen LogP contribution is -2.53. The number of rotatable bonds is 7. The molecule has 4 aromatic carbocycles. The topological polar surface area (TPSA) is 162 Å². The molecule has 0 unspecified atom stereocenters. The number of carbonyl (C=O) groups is 3. The van der Waals surface area contributed by atoms with Crippen molar-refractivity contribution in [3.05, 3.63) is 120 Å². The summed E-state index contributed by atoms with van der Waals surface area (Å²) in [4.78, 5) is 48.1. The first-order valence-corrected chi connectivity index (χ1v) is 14.3. The third kappa shape index (κ3) is 5.55. The highest BCUT2D eigenvalue weighted by molar-refractivity contribution is 6.09. The van der Waals surface area contributed by atoms with Crippen LogP contribution in [0.5, 0.6) is 11.5 Å². The van der Waals surface area contributed by atoms with Crippen LogP contribution in [0.25, 0.3) is 44.1 Å². The minimum Gasteiger partial charge on any atom is -0.505 e. The molecule has 2 heterocycles. The van der Waals surface area contributed by atoms with E-state index in [9.17, 15) is 29.7 Å². The van der Waals surface area contributed by atoms with Crippen molar-refractivity contribution >= 4 is 39.3 Å². The maximum atomic E-state index is 13.5. The van der Waals surface area contributed by atoms with Crippen molar-refractivity contribution < 1.29 is 29.7 Å². The number of benzene rings is 4. The maximum absolute atomic E-state index is 13.5. The maximum Gasteiger partial charge on any atom is 0.347 e. The molecule has 0 aliphatic rings. The van der Waals surface area contributed by atoms with Crippen molar-refractivity contribution in [3.8, 4) is 34.0 Å². The molecule has 0 bridgehead atoms. The van der Waals surface area contributed by atoms with Gasteiger partial charge in [-0.1, -0.05) is 108 Å². The van der Waals surface area contributed by atoms with E-state index in [1.807, 2.05) is 62.4 Å². The van der Waals surface area contributed by atoms with E-state index in [1.54, 1.807) is 48.5 Å². The van der Waals surface area contributed by atoms with Crippen LogP contribution in [0, 0.1) is 13.8 Å². The van der Waals surface area contributed by atoms with Crippen molar-refractivity contribution in [1.29, 1.82) is 0 Å². The minimum atomic E-state index is -1.97. The fourth-order valence-corrected chi connectivity index (χ4v) is 5.24. The predicted octanol–water partition coefficient (Wildman–Crippen LogP) is 5.72. The van der Waals surface area contributed by atoms with Gasteiger partial charge in [-0.3, -0.25) is 9.59 Å². The molecule has 0 aliphatic carbocycles. The molecule has 228 valence electrons. The Hall–Kier alpha value is -6.29. The van der Waals surface area contributed by atoms with Gasteiger partial charge in [-0.2, -0.15) is 0 Å². The zero-order valence-corrected chi connectivity index (χ0v) is 24.8. The first kappa shape index (κ1) is 29.8. The number of nitrogens with one attached hydrogen (secondary N) is 2. The van der Waals surface area contributed by atoms with Crippen molar-refractivity contribution in [1.82, 2.24) is 20.6 Å². The third-order valence-corrected chi connectivity index (χ3v) is 7.65. The molecule has 10 nitrogen and oxygen atoms in total. The predicted molar refractivity (Wildman–Crippen MR) is 174 cm³/mol. The van der Waals surface area contributed by atoms with E-state index in [0.717, 1.165) is 11.1 Å². The highest BCUT2D eigenvalue weighted by atomic mass is 16.4. The average molecular weight is 613 g/mol. The summed E-state index contributed by atoms with van der Waals surface area (Å²) in [7, 11) is 0. The number of amides is 2. The highest BCUT2D eigenvalue weighted by Gasteiger charge is 2.29. The fourth-order valence-electron chi connectivity index (χ4n) is 5.24. The van der Waals surface area contributed by atoms with Crippen LogP contribution in [0.2, 0.25) is 0 Å². The number of hydrogen-bond donors (Lipinski definition) is 5. The normalized spacial score (nSPS) is 11.1. The molecule has 5 N–H and O–H groups in total. The van der Waals surface area contributed by atoms with Crippen molar-refractivity contribution in [2.75, 3.05) is 0 Å². The van der Waals surface area contributed by atoms with Crippen LogP contribution in [0.15, 0.2) is 97.1 Å². The summed E-state index contributed by atoms with van der Waals surface area (Å²) < 4.78 is 0. The summed E-state index contributed by atoms with van der Waals surface area (Å²) in [6.07, 6.45) is -1.97. The van der Waals surface area contributed by atoms with Crippen LogP contribution in [0.4, 0.5) is 0 Å². The Bertz CT molecular complexity index is 2010. The largest absolute Gasteiger partial charge is 0.505 e. The summed E-state index contributed by atoms with van der Waals surface area (Å²) in [5, 5.41) is 38.4. The number of carboxylic acid groups (broad SMARTS) is 1. The Balaban J connectivity index is 1.35. The number of hydrogen-bond acceptors (Lipinski definition) is 7. The quantitative estimate of drug-likeness (QED) is 0.143. The van der Waals surface area contributed by atoms with Gasteiger partial charge in [0, 0.05) is 32.7 Å². The molecule has 0 spiro atoms. The summed E-state index contributed by atoms with van der Waals surface area (Å²) in [5.74, 6) is -4.58. The van der Waals surface area contributed by atoms with Gasteiger partial charge < -0.3 is 26.0 Å². The molecule has 10 heteroatoms. The van der Waals surface area contributed by atoms with Crippen LogP contribution in [-0.2, 0) is 4.79 Å². The average Bonchev–Trinajstić information content (AvgIpc) is 3.06. The number of pyridine rings is 2. The van der Waals surface area contributed by atoms with Crippen molar-refractivity contribution in [3.63, 3.8) is 0 Å². The van der Waals surface area contributed by atoms with Crippen molar-refractivity contribution in [2.24, 2.45) is 0 Å². The Morgan fingerprint density at radius 1 is 0.565 bits per heavy atom. The number of aliphatic carboxylic acids is 1. The molecule has 46 heavy (non-hydrogen) atoms. The minimum absolute atomic E-state index is 0.336. The summed E-state index contributed by atoms with van der Waals surface area (Å²) in [6.45, 7) is 3.86. The van der Waals surface area contributed by atoms with Crippen LogP contribution in [0.1, 0.15) is 32.1 Å². The van der Waals surface area contributed by atoms with Crippen LogP contribution in [-0.4, -0.2) is 49.2 Å². The molecular formula is C36H28N4O6. The van der Waals surface area contributed by atoms with E-state index < -0.39 is 46.8 Å². The Kier molecular flexibility index (Phi) is 7.77. The van der Waals surface area contributed by atoms with E-state index in [4.69, 9.17) is 0 Å². The molecular weight excluding hydrogens is 584 g/mol. The van der Waals surface area contributed by atoms with Gasteiger partial charge in [0.15, 0.2) is 22.9 Å². The first-order valence-electron chi connectivity index (χ1n) is 14.3. The van der Waals surface area contributed by atoms with E-state index >= 15 is 0 Å². The molecule has 2 amide bonds. The lowest BCUT2D eigenvalue weighted by Gasteiger charge is -2.18. The van der Waals surface area contributed by atoms with E-state index in [2.05, 4.69) is 20.6 Å². The van der Waals surface area contributed by atoms with Gasteiger partial charge in [-0.05, 0) is 13.8 Å². The number of aryl methyl sites for hydroxylation is 2. The van der Waals surface area contributed by atoms with E-state index in [-0.39, 0.29) is 0 Å². The third-order valence-electron chi connectivity index (χ3n) is 7.65. The zero-order chi connectivity index (χ0) is 32.5. The molecule has 0 atom stereocenters. The van der Waals surface area contributed by atoms with Gasteiger partial charge in [0.1, 0.15) is 0 Å². The van der Waals surface area contributed by atoms with Crippen LogP contribution < -0.4 is 10.6 Å². The first-order chi connectivity index (χ1) is 22.1. The number of fused-ring (bicyclic) bond motifs is 2. The number of carbonyl (C=O) groups excluding carboxylic acids is 2. The van der Waals surface area contributed by atoms with Crippen molar-refractivity contribution in [2.45, 2.75) is 20.0 Å². The lowest BCUT2D eigenvalue weighted by atomic mass is 10.0. The fraction of sp³-hybridized carbons (Fsp3) is 0.0833. The number of aromatic nitrogens is 2. The van der Waals surface area contributed by atoms with Gasteiger partial charge >= 0.3 is 5.97 Å². The second-order valence-corrected chi connectivity index (χ2v) is 10.9. The molecule has 2 aromatic heterocycles. The Morgan fingerprint density at radius 3 is 1.26 bits per heavy atom. The lowest BCUT2D eigenvalue weighted by molar-refractivity contribution is -0.139. The standard InChI is InChI=1S/C36H28N4O6/c1-19-11-15-21(16-12-19)27-23-7-3-5-9-25(23)31(41)29(37-27)34(43)39-33(36(45)46)40-35(44)30-32(42)26-10-6-4-8-24(26)28(38-30)22-17-13-20(2)14-18-22/h3-18,33,41-42H,1-2H3,(H,39,43)(H,40,44)(H,45,46). The van der Waals surface area contributed by atoms with Gasteiger partial charge in [0.2, 0.25) is 6.17 Å². The SMILES string of the molecule is Cc1ccc(-c2nc(C(=O)NC(NC(=O)c3nc(-c4ccc(C)cc4)c4ccccc4c3O)C(=O)O)c(O)c3ccccc23)cc1. The highest BCUT2D eigenvalue weighted by Crippen LogP contribution is 2.36. The zero-order valence-electron chi connectivity index (χ0n) is 24.8. The Morgan fingerprint density at radius 2 is 0.913 bits per heavy atom. The molecule has 0 saturated heterocycles. The summed E-state index contributed by atoms with van der Waals surface area (Å²) in [6, 6.07) is 28.5. The smallest absolute Gasteiger partial charge is 0.347 e. The van der Waals surface area contributed by atoms with Gasteiger partial charge in [-0.15, -0.1) is 0 Å². The van der Waals surface area contributed by atoms with Crippen LogP contribution >= 0.6 is 0 Å². The Labute approximate surface area is 263 Å². The van der Waals surface area contributed by atoms with Gasteiger partial charge in [0.05, 0.1) is 11.4 Å². The van der Waals surface area contributed by atoms with E-state index in [1.165, 1.54) is 0 Å². The number of carboxylic acids is 1. The van der Waals surface area contributed by atoms with Gasteiger partial charge in [0.25, 0.3) is 11.8 Å². The molecule has 6 aromatic rings. The second-order valence-electron chi connectivity index (χ2n) is 10.9. The molecule has 0 saturated carbocycles. The number of aromatic hydroxyl groups is 2. The summed E-state index contributed by atoms with van der Waals surface area (Å²) in [5.41, 5.74) is 3.35. The van der Waals surface area contributed by atoms with Gasteiger partial charge in [-0.25, -0.2) is 14.8 Å². The molecule has 0 fully saturated rings. The number of nitrogens with zero attached hydrogens (tertiary/aromatic N) is 2. The summed E-state index contributed by atoms with van der Waals surface area (Å²) >= 11 is 0. The molecule has 0 radical (unpaired) electrons. The monoisotopic (exact) mass is 612 g/mol. The van der Waals surface area contributed by atoms with E-state index in [0.29, 0.717) is 44.1 Å².